The quantitative estimate of drug-likeness (QED) is 0.851. The Kier molecular flexibility index (Phi) is 7.58. The Morgan fingerprint density at radius 2 is 1.92 bits per heavy atom. The first-order valence-corrected chi connectivity index (χ1v) is 8.13. The molecule has 0 aliphatic carbocycles. The Morgan fingerprint density at radius 3 is 2.48 bits per heavy atom. The lowest BCUT2D eigenvalue weighted by Gasteiger charge is -2.21. The van der Waals surface area contributed by atoms with Gasteiger partial charge >= 0.3 is 0 Å². The molecule has 0 aliphatic heterocycles. The maximum atomic E-state index is 13.0. The highest BCUT2D eigenvalue weighted by Crippen LogP contribution is 2.16. The van der Waals surface area contributed by atoms with Gasteiger partial charge in [0.25, 0.3) is 5.91 Å². The molecular formula is C18H26ClFN4O. The summed E-state index contributed by atoms with van der Waals surface area (Å²) in [6.45, 7) is 6.57. The molecule has 0 fully saturated rings. The standard InChI is InChI=1S/C18H25FN4O.ClH/c1-12(2)17(20)9-10-22(4)18(24)16-11-21-23(13(16)3)15-7-5-14(19)6-8-15;/h5-8,11-12,17H,9-10,20H2,1-4H3;1H. The van der Waals surface area contributed by atoms with E-state index in [2.05, 4.69) is 18.9 Å². The summed E-state index contributed by atoms with van der Waals surface area (Å²) in [5.74, 6) is -0.00522. The average molecular weight is 369 g/mol. The lowest BCUT2D eigenvalue weighted by molar-refractivity contribution is 0.0788. The first-order valence-electron chi connectivity index (χ1n) is 8.13. The SMILES string of the molecule is Cc1c(C(=O)N(C)CCC(N)C(C)C)cnn1-c1ccc(F)cc1.Cl. The number of rotatable bonds is 6. The third-order valence-corrected chi connectivity index (χ3v) is 4.31. The molecule has 1 heterocycles. The molecule has 0 spiro atoms. The Morgan fingerprint density at radius 1 is 1.32 bits per heavy atom. The fraction of sp³-hybridized carbons (Fsp3) is 0.444. The van der Waals surface area contributed by atoms with Gasteiger partial charge in [-0.2, -0.15) is 5.10 Å². The molecule has 1 atom stereocenters. The summed E-state index contributed by atoms with van der Waals surface area (Å²) >= 11 is 0. The molecule has 1 aromatic carbocycles. The van der Waals surface area contributed by atoms with Crippen LogP contribution in [0.25, 0.3) is 5.69 Å². The molecule has 1 aromatic heterocycles. The highest BCUT2D eigenvalue weighted by atomic mass is 35.5. The Labute approximate surface area is 154 Å². The van der Waals surface area contributed by atoms with E-state index >= 15 is 0 Å². The summed E-state index contributed by atoms with van der Waals surface area (Å²) in [4.78, 5) is 14.3. The van der Waals surface area contributed by atoms with Gasteiger partial charge in [0.1, 0.15) is 5.82 Å². The van der Waals surface area contributed by atoms with Crippen LogP contribution in [-0.4, -0.2) is 40.2 Å². The molecule has 1 amide bonds. The van der Waals surface area contributed by atoms with E-state index in [1.165, 1.54) is 12.1 Å². The number of aromatic nitrogens is 2. The van der Waals surface area contributed by atoms with Crippen molar-refractivity contribution in [3.63, 3.8) is 0 Å². The lowest BCUT2D eigenvalue weighted by Crippen LogP contribution is -2.34. The maximum absolute atomic E-state index is 13.0. The molecule has 2 rings (SSSR count). The number of benzene rings is 1. The molecule has 2 aromatic rings. The van der Waals surface area contributed by atoms with Crippen molar-refractivity contribution in [3.8, 4) is 5.69 Å². The van der Waals surface area contributed by atoms with E-state index in [4.69, 9.17) is 5.73 Å². The van der Waals surface area contributed by atoms with Crippen molar-refractivity contribution in [1.29, 1.82) is 0 Å². The number of amides is 1. The van der Waals surface area contributed by atoms with Crippen molar-refractivity contribution >= 4 is 18.3 Å². The van der Waals surface area contributed by atoms with E-state index in [0.29, 0.717) is 18.0 Å². The topological polar surface area (TPSA) is 64.2 Å². The molecule has 5 nitrogen and oxygen atoms in total. The van der Waals surface area contributed by atoms with E-state index in [0.717, 1.165) is 17.8 Å². The molecule has 7 heteroatoms. The average Bonchev–Trinajstić information content (AvgIpc) is 2.93. The van der Waals surface area contributed by atoms with Crippen LogP contribution in [0.5, 0.6) is 0 Å². The van der Waals surface area contributed by atoms with Crippen molar-refractivity contribution in [2.45, 2.75) is 33.2 Å². The van der Waals surface area contributed by atoms with Gasteiger partial charge < -0.3 is 10.6 Å². The van der Waals surface area contributed by atoms with Gasteiger partial charge in [-0.05, 0) is 43.5 Å². The van der Waals surface area contributed by atoms with Crippen molar-refractivity contribution in [2.24, 2.45) is 11.7 Å². The molecule has 1 unspecified atom stereocenters. The van der Waals surface area contributed by atoms with Gasteiger partial charge in [0.15, 0.2) is 0 Å². The summed E-state index contributed by atoms with van der Waals surface area (Å²) in [5, 5.41) is 4.26. The van der Waals surface area contributed by atoms with E-state index < -0.39 is 0 Å². The molecule has 0 saturated heterocycles. The van der Waals surface area contributed by atoms with Gasteiger partial charge in [-0.3, -0.25) is 4.79 Å². The number of halogens is 2. The first kappa shape index (κ1) is 21.1. The molecule has 138 valence electrons. The summed E-state index contributed by atoms with van der Waals surface area (Å²) in [5.41, 5.74) is 8.03. The van der Waals surface area contributed by atoms with Crippen molar-refractivity contribution in [3.05, 3.63) is 47.5 Å². The van der Waals surface area contributed by atoms with Crippen molar-refractivity contribution in [1.82, 2.24) is 14.7 Å². The van der Waals surface area contributed by atoms with Crippen LogP contribution in [0.2, 0.25) is 0 Å². The van der Waals surface area contributed by atoms with Gasteiger partial charge in [-0.15, -0.1) is 12.4 Å². The largest absolute Gasteiger partial charge is 0.342 e. The van der Waals surface area contributed by atoms with Crippen LogP contribution in [0, 0.1) is 18.7 Å². The van der Waals surface area contributed by atoms with Crippen LogP contribution in [0.15, 0.2) is 30.5 Å². The number of nitrogens with zero attached hydrogens (tertiary/aromatic N) is 3. The van der Waals surface area contributed by atoms with Crippen LogP contribution < -0.4 is 5.73 Å². The molecule has 0 bridgehead atoms. The normalized spacial score (nSPS) is 12.0. The monoisotopic (exact) mass is 368 g/mol. The molecular weight excluding hydrogens is 343 g/mol. The smallest absolute Gasteiger partial charge is 0.257 e. The Hall–Kier alpha value is -1.92. The van der Waals surface area contributed by atoms with Gasteiger partial charge in [0.05, 0.1) is 23.1 Å². The lowest BCUT2D eigenvalue weighted by atomic mass is 10.0. The van der Waals surface area contributed by atoms with Gasteiger partial charge in [0.2, 0.25) is 0 Å². The van der Waals surface area contributed by atoms with E-state index in [-0.39, 0.29) is 30.2 Å². The van der Waals surface area contributed by atoms with Crippen LogP contribution in [0.1, 0.15) is 36.3 Å². The number of hydrogen-bond donors (Lipinski definition) is 1. The number of nitrogens with two attached hydrogens (primary N) is 1. The van der Waals surface area contributed by atoms with Crippen molar-refractivity contribution < 1.29 is 9.18 Å². The molecule has 0 aliphatic rings. The fourth-order valence-electron chi connectivity index (χ4n) is 2.45. The molecule has 25 heavy (non-hydrogen) atoms. The Bertz CT molecular complexity index is 700. The van der Waals surface area contributed by atoms with Crippen molar-refractivity contribution in [2.75, 3.05) is 13.6 Å². The zero-order valence-corrected chi connectivity index (χ0v) is 15.9. The number of carbonyl (C=O) groups is 1. The summed E-state index contributed by atoms with van der Waals surface area (Å²) < 4.78 is 14.7. The molecule has 0 radical (unpaired) electrons. The first-order chi connectivity index (χ1) is 11.3. The summed E-state index contributed by atoms with van der Waals surface area (Å²) in [7, 11) is 1.77. The van der Waals surface area contributed by atoms with E-state index in [1.807, 2.05) is 6.92 Å². The minimum atomic E-state index is -0.305. The third kappa shape index (κ3) is 5.03. The Balaban J connectivity index is 0.00000312. The predicted molar refractivity (Wildman–Crippen MR) is 99.9 cm³/mol. The van der Waals surface area contributed by atoms with Gasteiger partial charge in [0, 0.05) is 19.6 Å². The summed E-state index contributed by atoms with van der Waals surface area (Å²) in [6.07, 6.45) is 2.31. The number of hydrogen-bond acceptors (Lipinski definition) is 3. The highest BCUT2D eigenvalue weighted by molar-refractivity contribution is 5.95. The van der Waals surface area contributed by atoms with Crippen LogP contribution in [0.4, 0.5) is 4.39 Å². The fourth-order valence-corrected chi connectivity index (χ4v) is 2.45. The van der Waals surface area contributed by atoms with Crippen LogP contribution in [0.3, 0.4) is 0 Å². The maximum Gasteiger partial charge on any atom is 0.257 e. The number of carbonyl (C=O) groups excluding carboxylic acids is 1. The second-order valence-electron chi connectivity index (χ2n) is 6.46. The van der Waals surface area contributed by atoms with Crippen LogP contribution >= 0.6 is 12.4 Å². The third-order valence-electron chi connectivity index (χ3n) is 4.31. The molecule has 0 saturated carbocycles. The predicted octanol–water partition coefficient (Wildman–Crippen LogP) is 3.19. The van der Waals surface area contributed by atoms with Gasteiger partial charge in [-0.25, -0.2) is 9.07 Å². The van der Waals surface area contributed by atoms with E-state index in [9.17, 15) is 9.18 Å². The van der Waals surface area contributed by atoms with Crippen LogP contribution in [-0.2, 0) is 0 Å². The zero-order valence-electron chi connectivity index (χ0n) is 15.1. The highest BCUT2D eigenvalue weighted by Gasteiger charge is 2.19. The van der Waals surface area contributed by atoms with E-state index in [1.54, 1.807) is 35.0 Å². The zero-order chi connectivity index (χ0) is 17.9. The minimum Gasteiger partial charge on any atom is -0.342 e. The van der Waals surface area contributed by atoms with Gasteiger partial charge in [-0.1, -0.05) is 13.8 Å². The minimum absolute atomic E-state index is 0. The molecule has 2 N–H and O–H groups in total. The second kappa shape index (κ2) is 8.97. The second-order valence-corrected chi connectivity index (χ2v) is 6.46. The summed E-state index contributed by atoms with van der Waals surface area (Å²) in [6, 6.07) is 6.09.